The van der Waals surface area contributed by atoms with Crippen molar-refractivity contribution in [2.75, 3.05) is 11.9 Å². The van der Waals surface area contributed by atoms with Crippen molar-refractivity contribution in [3.8, 4) is 0 Å². The Morgan fingerprint density at radius 1 is 1.12 bits per heavy atom. The summed E-state index contributed by atoms with van der Waals surface area (Å²) in [6.45, 7) is 5.67. The van der Waals surface area contributed by atoms with Crippen molar-refractivity contribution in [3.05, 3.63) is 81.9 Å². The van der Waals surface area contributed by atoms with Gasteiger partial charge in [-0.05, 0) is 55.2 Å². The monoisotopic (exact) mass is 583 g/mol. The average molecular weight is 584 g/mol. The molecule has 1 saturated carbocycles. The Bertz CT molecular complexity index is 1430. The predicted octanol–water partition coefficient (Wildman–Crippen LogP) is 5.36. The van der Waals surface area contributed by atoms with Gasteiger partial charge in [-0.15, -0.1) is 11.3 Å². The van der Waals surface area contributed by atoms with E-state index in [4.69, 9.17) is 4.98 Å². The molecule has 2 aliphatic carbocycles. The molecule has 41 heavy (non-hydrogen) atoms. The van der Waals surface area contributed by atoms with E-state index in [1.54, 1.807) is 0 Å². The van der Waals surface area contributed by atoms with Crippen molar-refractivity contribution in [2.24, 2.45) is 16.7 Å². The topological polar surface area (TPSA) is 112 Å². The van der Waals surface area contributed by atoms with E-state index in [1.807, 2.05) is 44.2 Å². The number of fused-ring (bicyclic) bond motifs is 2. The third kappa shape index (κ3) is 5.29. The number of amides is 2. The maximum Gasteiger partial charge on any atom is 0.263 e. The van der Waals surface area contributed by atoms with Gasteiger partial charge in [-0.3, -0.25) is 14.9 Å². The van der Waals surface area contributed by atoms with Crippen LogP contribution in [0.4, 0.5) is 13.9 Å². The summed E-state index contributed by atoms with van der Waals surface area (Å²) in [7, 11) is 0. The number of rotatable bonds is 7. The van der Waals surface area contributed by atoms with Crippen LogP contribution in [0.1, 0.15) is 78.5 Å². The zero-order valence-corrected chi connectivity index (χ0v) is 24.1. The molecule has 6 atom stereocenters. The molecule has 4 N–H and O–H groups in total. The Kier molecular flexibility index (Phi) is 8.02. The largest absolute Gasteiger partial charge is 0.396 e. The van der Waals surface area contributed by atoms with Gasteiger partial charge >= 0.3 is 0 Å². The highest BCUT2D eigenvalue weighted by Gasteiger charge is 2.59. The molecule has 0 spiro atoms. The van der Waals surface area contributed by atoms with Crippen LogP contribution in [0, 0.1) is 28.4 Å². The first-order valence-electron chi connectivity index (χ1n) is 13.9. The molecule has 2 amide bonds. The smallest absolute Gasteiger partial charge is 0.263 e. The van der Waals surface area contributed by atoms with E-state index < -0.39 is 40.0 Å². The number of anilines is 1. The van der Waals surface area contributed by atoms with E-state index in [0.717, 1.165) is 22.6 Å². The van der Waals surface area contributed by atoms with Gasteiger partial charge in [0, 0.05) is 22.6 Å². The maximum absolute atomic E-state index is 14.3. The minimum Gasteiger partial charge on any atom is -0.396 e. The molecule has 5 rings (SSSR count). The number of hydrogen-bond donors (Lipinski definition) is 4. The summed E-state index contributed by atoms with van der Waals surface area (Å²) >= 11 is 1.20. The van der Waals surface area contributed by atoms with Gasteiger partial charge in [0.1, 0.15) is 17.2 Å². The number of nitrogens with zero attached hydrogens (tertiary/aromatic N) is 1. The molecular weight excluding hydrogens is 548 g/mol. The van der Waals surface area contributed by atoms with Gasteiger partial charge in [-0.2, -0.15) is 0 Å². The van der Waals surface area contributed by atoms with Crippen LogP contribution in [-0.4, -0.2) is 39.7 Å². The number of carbonyl (C=O) groups is 2. The standard InChI is InChI=1S/C31H35F2N3O4S/c1-17(18-8-5-4-6-9-18)34-25(39)14-19-27-22(15-23-30(19,2)13-12-24(38)31(23,3)16-37)41-29(35-27)36-28(40)26-20(32)10-7-11-21(26)33/h4-11,17,19,23-24,37-38H,12-16H2,1-3H3,(H,34,39)(H,35,36,40). The number of aliphatic hydroxyl groups excluding tert-OH is 2. The van der Waals surface area contributed by atoms with Gasteiger partial charge in [-0.1, -0.05) is 50.2 Å². The van der Waals surface area contributed by atoms with Crippen molar-refractivity contribution < 1.29 is 28.6 Å². The Balaban J connectivity index is 1.48. The molecule has 2 aromatic carbocycles. The second kappa shape index (κ2) is 11.2. The maximum atomic E-state index is 14.3. The molecule has 6 unspecified atom stereocenters. The number of halogens is 2. The minimum atomic E-state index is -0.975. The highest BCUT2D eigenvalue weighted by Crippen LogP contribution is 2.62. The minimum absolute atomic E-state index is 0.119. The lowest BCUT2D eigenvalue weighted by Gasteiger charge is -2.58. The first kappa shape index (κ1) is 29.3. The molecule has 1 fully saturated rings. The molecule has 0 bridgehead atoms. The van der Waals surface area contributed by atoms with E-state index in [-0.39, 0.29) is 41.9 Å². The number of nitrogens with one attached hydrogen (secondary N) is 2. The molecule has 218 valence electrons. The summed E-state index contributed by atoms with van der Waals surface area (Å²) < 4.78 is 28.5. The molecule has 2 aliphatic rings. The molecule has 3 aromatic rings. The molecule has 0 saturated heterocycles. The van der Waals surface area contributed by atoms with E-state index in [2.05, 4.69) is 17.6 Å². The van der Waals surface area contributed by atoms with E-state index in [1.165, 1.54) is 17.4 Å². The molecule has 0 aliphatic heterocycles. The van der Waals surface area contributed by atoms with Crippen LogP contribution >= 0.6 is 11.3 Å². The first-order chi connectivity index (χ1) is 19.5. The second-order valence-corrected chi connectivity index (χ2v) is 12.9. The lowest BCUT2D eigenvalue weighted by Crippen LogP contribution is -2.57. The fraction of sp³-hybridized carbons (Fsp3) is 0.452. The van der Waals surface area contributed by atoms with Gasteiger partial charge in [0.2, 0.25) is 5.91 Å². The highest BCUT2D eigenvalue weighted by atomic mass is 32.1. The van der Waals surface area contributed by atoms with Gasteiger partial charge in [0.05, 0.1) is 24.4 Å². The van der Waals surface area contributed by atoms with Gasteiger partial charge in [-0.25, -0.2) is 13.8 Å². The fourth-order valence-corrected chi connectivity index (χ4v) is 7.95. The van der Waals surface area contributed by atoms with Gasteiger partial charge in [0.25, 0.3) is 5.91 Å². The second-order valence-electron chi connectivity index (χ2n) is 11.8. The van der Waals surface area contributed by atoms with Crippen LogP contribution in [-0.2, 0) is 11.2 Å². The fourth-order valence-electron chi connectivity index (χ4n) is 6.88. The third-order valence-electron chi connectivity index (χ3n) is 9.37. The van der Waals surface area contributed by atoms with Crippen molar-refractivity contribution >= 4 is 28.3 Å². The Morgan fingerprint density at radius 3 is 2.46 bits per heavy atom. The van der Waals surface area contributed by atoms with Crippen molar-refractivity contribution in [1.82, 2.24) is 10.3 Å². The van der Waals surface area contributed by atoms with Crippen LogP contribution < -0.4 is 10.6 Å². The van der Waals surface area contributed by atoms with E-state index in [0.29, 0.717) is 25.0 Å². The summed E-state index contributed by atoms with van der Waals surface area (Å²) in [6, 6.07) is 12.6. The van der Waals surface area contributed by atoms with E-state index in [9.17, 15) is 28.6 Å². The van der Waals surface area contributed by atoms with Crippen molar-refractivity contribution in [3.63, 3.8) is 0 Å². The molecule has 1 aromatic heterocycles. The van der Waals surface area contributed by atoms with Crippen LogP contribution in [0.3, 0.4) is 0 Å². The lowest BCUT2D eigenvalue weighted by molar-refractivity contribution is -0.144. The molecule has 1 heterocycles. The zero-order chi connectivity index (χ0) is 29.5. The van der Waals surface area contributed by atoms with Crippen molar-refractivity contribution in [1.29, 1.82) is 0 Å². The number of aromatic nitrogens is 1. The Labute approximate surface area is 242 Å². The highest BCUT2D eigenvalue weighted by molar-refractivity contribution is 7.15. The molecular formula is C31H35F2N3O4S. The van der Waals surface area contributed by atoms with Crippen LogP contribution in [0.15, 0.2) is 48.5 Å². The average Bonchev–Trinajstić information content (AvgIpc) is 3.34. The van der Waals surface area contributed by atoms with Crippen LogP contribution in [0.5, 0.6) is 0 Å². The molecule has 7 nitrogen and oxygen atoms in total. The number of carbonyl (C=O) groups excluding carboxylic acids is 2. The van der Waals surface area contributed by atoms with Crippen LogP contribution in [0.2, 0.25) is 0 Å². The zero-order valence-electron chi connectivity index (χ0n) is 23.3. The van der Waals surface area contributed by atoms with E-state index >= 15 is 0 Å². The summed E-state index contributed by atoms with van der Waals surface area (Å²) in [5, 5.41) is 27.2. The third-order valence-corrected chi connectivity index (χ3v) is 10.4. The number of hydrogen-bond acceptors (Lipinski definition) is 6. The molecule has 0 radical (unpaired) electrons. The summed E-state index contributed by atoms with van der Waals surface area (Å²) in [5.74, 6) is -3.60. The Hall–Kier alpha value is -3.21. The van der Waals surface area contributed by atoms with Crippen molar-refractivity contribution in [2.45, 2.75) is 64.5 Å². The summed E-state index contributed by atoms with van der Waals surface area (Å²) in [5.41, 5.74) is -0.341. The quantitative estimate of drug-likeness (QED) is 0.299. The summed E-state index contributed by atoms with van der Waals surface area (Å²) in [6.07, 6.45) is 0.988. The predicted molar refractivity (Wildman–Crippen MR) is 153 cm³/mol. The number of aliphatic hydroxyl groups is 2. The normalized spacial score (nSPS) is 27.8. The first-order valence-corrected chi connectivity index (χ1v) is 14.7. The van der Waals surface area contributed by atoms with Gasteiger partial charge < -0.3 is 15.5 Å². The number of thiazole rings is 1. The SMILES string of the molecule is CC(NC(=O)CC1c2nc(NC(=O)c3c(F)cccc3F)sc2CC2C(C)(CO)C(O)CCC12C)c1ccccc1. The van der Waals surface area contributed by atoms with Crippen LogP contribution in [0.25, 0.3) is 0 Å². The van der Waals surface area contributed by atoms with Gasteiger partial charge in [0.15, 0.2) is 5.13 Å². The lowest BCUT2D eigenvalue weighted by atomic mass is 9.47. The number of benzene rings is 2. The Morgan fingerprint density at radius 2 is 1.80 bits per heavy atom. The molecule has 10 heteroatoms. The summed E-state index contributed by atoms with van der Waals surface area (Å²) in [4.78, 5) is 31.8.